The SMILES string of the molecule is O=C(CCCCc1cccnc1)N1CC[C@@H](O)C[C@@H]1C1CC1. The van der Waals surface area contributed by atoms with E-state index in [4.69, 9.17) is 0 Å². The van der Waals surface area contributed by atoms with Gasteiger partial charge in [-0.15, -0.1) is 0 Å². The van der Waals surface area contributed by atoms with Gasteiger partial charge >= 0.3 is 0 Å². The van der Waals surface area contributed by atoms with E-state index < -0.39 is 0 Å². The highest BCUT2D eigenvalue weighted by Gasteiger charge is 2.40. The van der Waals surface area contributed by atoms with E-state index >= 15 is 0 Å². The third-order valence-corrected chi connectivity index (χ3v) is 4.93. The maximum atomic E-state index is 12.5. The summed E-state index contributed by atoms with van der Waals surface area (Å²) in [6.45, 7) is 0.740. The number of rotatable bonds is 6. The first-order valence-electron chi connectivity index (χ1n) is 8.60. The minimum Gasteiger partial charge on any atom is -0.393 e. The van der Waals surface area contributed by atoms with Gasteiger partial charge in [0.15, 0.2) is 0 Å². The van der Waals surface area contributed by atoms with Gasteiger partial charge < -0.3 is 10.0 Å². The Bertz CT molecular complexity index is 487. The molecule has 0 aromatic carbocycles. The molecule has 1 N–H and O–H groups in total. The maximum absolute atomic E-state index is 12.5. The topological polar surface area (TPSA) is 53.4 Å². The van der Waals surface area contributed by atoms with Crippen LogP contribution in [0.1, 0.15) is 50.5 Å². The van der Waals surface area contributed by atoms with E-state index in [0.717, 1.165) is 38.6 Å². The monoisotopic (exact) mass is 302 g/mol. The van der Waals surface area contributed by atoms with E-state index in [1.807, 2.05) is 12.3 Å². The molecule has 2 aliphatic rings. The van der Waals surface area contributed by atoms with Gasteiger partial charge in [0.05, 0.1) is 6.10 Å². The van der Waals surface area contributed by atoms with Crippen LogP contribution in [-0.4, -0.2) is 39.6 Å². The number of aliphatic hydroxyl groups is 1. The molecule has 1 aliphatic heterocycles. The van der Waals surface area contributed by atoms with Crippen molar-refractivity contribution in [1.29, 1.82) is 0 Å². The minimum absolute atomic E-state index is 0.208. The average Bonchev–Trinajstić information content (AvgIpc) is 3.37. The first-order valence-corrected chi connectivity index (χ1v) is 8.60. The van der Waals surface area contributed by atoms with Crippen molar-refractivity contribution in [3.05, 3.63) is 30.1 Å². The van der Waals surface area contributed by atoms with Gasteiger partial charge in [0.1, 0.15) is 0 Å². The summed E-state index contributed by atoms with van der Waals surface area (Å²) in [7, 11) is 0. The largest absolute Gasteiger partial charge is 0.393 e. The molecule has 0 radical (unpaired) electrons. The van der Waals surface area contributed by atoms with Crippen molar-refractivity contribution >= 4 is 5.91 Å². The van der Waals surface area contributed by atoms with Crippen LogP contribution in [0.15, 0.2) is 24.5 Å². The van der Waals surface area contributed by atoms with E-state index in [1.54, 1.807) is 6.20 Å². The molecule has 2 fully saturated rings. The van der Waals surface area contributed by atoms with Crippen LogP contribution >= 0.6 is 0 Å². The number of nitrogens with zero attached hydrogens (tertiary/aromatic N) is 2. The van der Waals surface area contributed by atoms with Crippen LogP contribution < -0.4 is 0 Å². The third-order valence-electron chi connectivity index (χ3n) is 4.93. The summed E-state index contributed by atoms with van der Waals surface area (Å²) in [5.41, 5.74) is 1.24. The first kappa shape index (κ1) is 15.5. The third kappa shape index (κ3) is 4.07. The highest BCUT2D eigenvalue weighted by atomic mass is 16.3. The Hall–Kier alpha value is -1.42. The number of hydrogen-bond acceptors (Lipinski definition) is 3. The molecule has 1 aliphatic carbocycles. The zero-order chi connectivity index (χ0) is 15.4. The summed E-state index contributed by atoms with van der Waals surface area (Å²) in [5, 5.41) is 9.85. The van der Waals surface area contributed by atoms with E-state index in [-0.39, 0.29) is 12.0 Å². The Morgan fingerprint density at radius 2 is 2.18 bits per heavy atom. The van der Waals surface area contributed by atoms with Crippen LogP contribution in [0, 0.1) is 5.92 Å². The molecule has 2 atom stereocenters. The molecule has 0 spiro atoms. The predicted molar refractivity (Wildman–Crippen MR) is 85.3 cm³/mol. The summed E-state index contributed by atoms with van der Waals surface area (Å²) >= 11 is 0. The fraction of sp³-hybridized carbons (Fsp3) is 0.667. The number of hydrogen-bond donors (Lipinski definition) is 1. The zero-order valence-electron chi connectivity index (χ0n) is 13.2. The zero-order valence-corrected chi connectivity index (χ0v) is 13.2. The van der Waals surface area contributed by atoms with Gasteiger partial charge in [0.25, 0.3) is 0 Å². The highest BCUT2D eigenvalue weighted by Crippen LogP contribution is 2.39. The number of aliphatic hydroxyl groups excluding tert-OH is 1. The van der Waals surface area contributed by atoms with Crippen molar-refractivity contribution in [3.8, 4) is 0 Å². The number of piperidine rings is 1. The number of pyridine rings is 1. The Kier molecular flexibility index (Phi) is 5.08. The van der Waals surface area contributed by atoms with Crippen molar-refractivity contribution < 1.29 is 9.90 Å². The Morgan fingerprint density at radius 1 is 1.32 bits per heavy atom. The van der Waals surface area contributed by atoms with E-state index in [9.17, 15) is 9.90 Å². The molecular formula is C18H26N2O2. The smallest absolute Gasteiger partial charge is 0.222 e. The van der Waals surface area contributed by atoms with Gasteiger partial charge in [-0.2, -0.15) is 0 Å². The van der Waals surface area contributed by atoms with Gasteiger partial charge in [0, 0.05) is 31.4 Å². The number of amides is 1. The van der Waals surface area contributed by atoms with Crippen molar-refractivity contribution in [2.75, 3.05) is 6.54 Å². The fourth-order valence-corrected chi connectivity index (χ4v) is 3.51. The summed E-state index contributed by atoms with van der Waals surface area (Å²) in [5.74, 6) is 0.935. The van der Waals surface area contributed by atoms with Crippen LogP contribution in [0.25, 0.3) is 0 Å². The molecule has 0 bridgehead atoms. The maximum Gasteiger partial charge on any atom is 0.222 e. The molecule has 22 heavy (non-hydrogen) atoms. The lowest BCUT2D eigenvalue weighted by molar-refractivity contribution is -0.137. The Labute approximate surface area is 132 Å². The molecule has 4 heteroatoms. The first-order chi connectivity index (χ1) is 10.7. The fourth-order valence-electron chi connectivity index (χ4n) is 3.51. The van der Waals surface area contributed by atoms with E-state index in [2.05, 4.69) is 16.0 Å². The van der Waals surface area contributed by atoms with Crippen LogP contribution in [0.2, 0.25) is 0 Å². The number of likely N-dealkylation sites (tertiary alicyclic amines) is 1. The molecule has 1 saturated carbocycles. The summed E-state index contributed by atoms with van der Waals surface area (Å²) < 4.78 is 0. The predicted octanol–water partition coefficient (Wildman–Crippen LogP) is 2.56. The van der Waals surface area contributed by atoms with Crippen molar-refractivity contribution in [2.45, 2.75) is 63.5 Å². The molecule has 2 heterocycles. The second kappa shape index (κ2) is 7.23. The lowest BCUT2D eigenvalue weighted by Crippen LogP contribution is -2.48. The van der Waals surface area contributed by atoms with Crippen molar-refractivity contribution in [1.82, 2.24) is 9.88 Å². The molecule has 1 aromatic heterocycles. The van der Waals surface area contributed by atoms with Crippen LogP contribution in [0.5, 0.6) is 0 Å². The normalized spacial score (nSPS) is 25.2. The number of unbranched alkanes of at least 4 members (excludes halogenated alkanes) is 1. The molecule has 4 nitrogen and oxygen atoms in total. The lowest BCUT2D eigenvalue weighted by atomic mass is 9.95. The molecule has 1 saturated heterocycles. The Balaban J connectivity index is 1.43. The number of aromatic nitrogens is 1. The summed E-state index contributed by atoms with van der Waals surface area (Å²) in [6.07, 6.45) is 11.0. The van der Waals surface area contributed by atoms with Gasteiger partial charge in [-0.25, -0.2) is 0 Å². The van der Waals surface area contributed by atoms with Crippen molar-refractivity contribution in [3.63, 3.8) is 0 Å². The molecule has 120 valence electrons. The second-order valence-electron chi connectivity index (χ2n) is 6.74. The molecule has 3 rings (SSSR count). The summed E-state index contributed by atoms with van der Waals surface area (Å²) in [4.78, 5) is 18.7. The number of aryl methyl sites for hydroxylation is 1. The molecule has 0 unspecified atom stereocenters. The number of carbonyl (C=O) groups excluding carboxylic acids is 1. The van der Waals surface area contributed by atoms with Crippen molar-refractivity contribution in [2.24, 2.45) is 5.92 Å². The second-order valence-corrected chi connectivity index (χ2v) is 6.74. The van der Waals surface area contributed by atoms with Gasteiger partial charge in [-0.05, 0) is 62.5 Å². The minimum atomic E-state index is -0.208. The van der Waals surface area contributed by atoms with Gasteiger partial charge in [-0.3, -0.25) is 9.78 Å². The average molecular weight is 302 g/mol. The van der Waals surface area contributed by atoms with Crippen LogP contribution in [0.4, 0.5) is 0 Å². The summed E-state index contributed by atoms with van der Waals surface area (Å²) in [6, 6.07) is 4.35. The number of carbonyl (C=O) groups is 1. The Morgan fingerprint density at radius 3 is 2.91 bits per heavy atom. The van der Waals surface area contributed by atoms with Gasteiger partial charge in [-0.1, -0.05) is 6.07 Å². The highest BCUT2D eigenvalue weighted by molar-refractivity contribution is 5.76. The standard InChI is InChI=1S/C18H26N2O2/c21-16-9-11-20(17(12-16)15-7-8-15)18(22)6-2-1-4-14-5-3-10-19-13-14/h3,5,10,13,15-17,21H,1-2,4,6-9,11-12H2/t16-,17-/m1/s1. The van der Waals surface area contributed by atoms with Gasteiger partial charge in [0.2, 0.25) is 5.91 Å². The molecule has 1 aromatic rings. The van der Waals surface area contributed by atoms with E-state index in [0.29, 0.717) is 18.4 Å². The lowest BCUT2D eigenvalue weighted by Gasteiger charge is -2.38. The quantitative estimate of drug-likeness (QED) is 0.822. The molecular weight excluding hydrogens is 276 g/mol. The van der Waals surface area contributed by atoms with E-state index in [1.165, 1.54) is 18.4 Å². The van der Waals surface area contributed by atoms with Crippen LogP contribution in [0.3, 0.4) is 0 Å². The van der Waals surface area contributed by atoms with Crippen LogP contribution in [-0.2, 0) is 11.2 Å². The molecule has 1 amide bonds.